The molecule has 1 unspecified atom stereocenters. The Kier molecular flexibility index (Phi) is 9.84. The normalized spacial score (nSPS) is 14.5. The van der Waals surface area contributed by atoms with Crippen LogP contribution in [0.25, 0.3) is 76.5 Å². The molecule has 0 saturated carbocycles. The van der Waals surface area contributed by atoms with Crippen LogP contribution < -0.4 is 4.90 Å². The zero-order valence-electron chi connectivity index (χ0n) is 37.4. The summed E-state index contributed by atoms with van der Waals surface area (Å²) in [6.45, 7) is 6.28. The van der Waals surface area contributed by atoms with Crippen LogP contribution in [0.15, 0.2) is 267 Å². The van der Waals surface area contributed by atoms with Crippen LogP contribution in [-0.2, 0) is 5.41 Å². The van der Waals surface area contributed by atoms with Crippen LogP contribution in [-0.4, -0.2) is 0 Å². The summed E-state index contributed by atoms with van der Waals surface area (Å²) in [4.78, 5) is 2.42. The smallest absolute Gasteiger partial charge is 0.0713 e. The largest absolute Gasteiger partial charge is 0.310 e. The third-order valence-corrected chi connectivity index (χ3v) is 14.0. The van der Waals surface area contributed by atoms with E-state index in [-0.39, 0.29) is 0 Å². The Labute approximate surface area is 392 Å². The Morgan fingerprint density at radius 2 is 0.866 bits per heavy atom. The first-order valence-corrected chi connectivity index (χ1v) is 23.2. The van der Waals surface area contributed by atoms with Gasteiger partial charge in [-0.1, -0.05) is 213 Å². The quantitative estimate of drug-likeness (QED) is 0.103. The van der Waals surface area contributed by atoms with Gasteiger partial charge in [-0.2, -0.15) is 0 Å². The predicted octanol–water partition coefficient (Wildman–Crippen LogP) is 18.1. The van der Waals surface area contributed by atoms with Gasteiger partial charge < -0.3 is 4.90 Å². The standard InChI is InChI=1S/C66H47N/c1-3-18-49(19-4-2)66(50-22-6-5-7-23-50)64-31-17-16-30-60(64)63-44-53(40-41-65(63)66)67(51-36-32-45(33-37-51)61-42-47-20-8-10-24-54(47)56-26-12-14-28-58(56)61)52-38-34-46(35-39-52)62-43-48-21-9-11-25-55(48)57-27-13-15-29-59(57)62/h3-44H,1H2,2H3/b19-4-,49-18+. The lowest BCUT2D eigenvalue weighted by atomic mass is 9.67. The Hall–Kier alpha value is -8.52. The van der Waals surface area contributed by atoms with E-state index in [1.54, 1.807) is 0 Å². The zero-order valence-corrected chi connectivity index (χ0v) is 37.4. The van der Waals surface area contributed by atoms with E-state index in [1.807, 2.05) is 6.08 Å². The van der Waals surface area contributed by atoms with Crippen molar-refractivity contribution in [3.05, 3.63) is 284 Å². The molecule has 0 radical (unpaired) electrons. The minimum Gasteiger partial charge on any atom is -0.310 e. The molecular formula is C66H47N. The molecule has 1 nitrogen and oxygen atoms in total. The minimum atomic E-state index is -0.536. The lowest BCUT2D eigenvalue weighted by Crippen LogP contribution is -2.29. The fourth-order valence-corrected chi connectivity index (χ4v) is 11.1. The lowest BCUT2D eigenvalue weighted by Gasteiger charge is -2.35. The summed E-state index contributed by atoms with van der Waals surface area (Å²) in [6.07, 6.45) is 8.50. The van der Waals surface area contributed by atoms with Crippen molar-refractivity contribution in [3.63, 3.8) is 0 Å². The molecule has 0 fully saturated rings. The fraction of sp³-hybridized carbons (Fsp3) is 0.0303. The second-order valence-corrected chi connectivity index (χ2v) is 17.6. The molecule has 1 heteroatoms. The number of allylic oxidation sites excluding steroid dienone is 5. The molecule has 11 aromatic rings. The van der Waals surface area contributed by atoms with Crippen molar-refractivity contribution in [2.45, 2.75) is 12.3 Å². The Morgan fingerprint density at radius 3 is 1.42 bits per heavy atom. The van der Waals surface area contributed by atoms with E-state index in [4.69, 9.17) is 0 Å². The first-order valence-electron chi connectivity index (χ1n) is 23.2. The van der Waals surface area contributed by atoms with Crippen molar-refractivity contribution in [1.29, 1.82) is 0 Å². The highest BCUT2D eigenvalue weighted by molar-refractivity contribution is 6.15. The Morgan fingerprint density at radius 1 is 0.403 bits per heavy atom. The van der Waals surface area contributed by atoms with Crippen molar-refractivity contribution >= 4 is 60.2 Å². The maximum atomic E-state index is 4.19. The van der Waals surface area contributed by atoms with E-state index in [0.29, 0.717) is 0 Å². The summed E-state index contributed by atoms with van der Waals surface area (Å²) < 4.78 is 0. The third kappa shape index (κ3) is 6.46. The zero-order chi connectivity index (χ0) is 44.9. The van der Waals surface area contributed by atoms with Gasteiger partial charge >= 0.3 is 0 Å². The van der Waals surface area contributed by atoms with E-state index in [2.05, 4.69) is 267 Å². The molecule has 0 N–H and O–H groups in total. The predicted molar refractivity (Wildman–Crippen MR) is 287 cm³/mol. The summed E-state index contributed by atoms with van der Waals surface area (Å²) in [7, 11) is 0. The number of nitrogens with zero attached hydrogens (tertiary/aromatic N) is 1. The molecule has 0 aromatic heterocycles. The van der Waals surface area contributed by atoms with Crippen LogP contribution in [0.4, 0.5) is 17.1 Å². The van der Waals surface area contributed by atoms with Crippen LogP contribution in [0, 0.1) is 0 Å². The van der Waals surface area contributed by atoms with Gasteiger partial charge in [0.25, 0.3) is 0 Å². The Balaban J connectivity index is 1.05. The molecule has 1 atom stereocenters. The van der Waals surface area contributed by atoms with Crippen LogP contribution in [0.5, 0.6) is 0 Å². The number of rotatable bonds is 9. The lowest BCUT2D eigenvalue weighted by molar-refractivity contribution is 0.767. The highest BCUT2D eigenvalue weighted by atomic mass is 15.1. The van der Waals surface area contributed by atoms with Crippen LogP contribution in [0.2, 0.25) is 0 Å². The maximum absolute atomic E-state index is 4.19. The first-order chi connectivity index (χ1) is 33.1. The molecule has 1 aliphatic rings. The van der Waals surface area contributed by atoms with Gasteiger partial charge in [-0.05, 0) is 154 Å². The molecule has 0 bridgehead atoms. The fourth-order valence-electron chi connectivity index (χ4n) is 11.1. The van der Waals surface area contributed by atoms with E-state index >= 15 is 0 Å². The highest BCUT2D eigenvalue weighted by Gasteiger charge is 2.46. The molecule has 0 spiro atoms. The van der Waals surface area contributed by atoms with Crippen molar-refractivity contribution in [2.75, 3.05) is 4.90 Å². The van der Waals surface area contributed by atoms with E-state index in [9.17, 15) is 0 Å². The van der Waals surface area contributed by atoms with Crippen LogP contribution >= 0.6 is 0 Å². The van der Waals surface area contributed by atoms with Gasteiger partial charge in [-0.15, -0.1) is 0 Å². The molecule has 1 aliphatic carbocycles. The monoisotopic (exact) mass is 853 g/mol. The maximum Gasteiger partial charge on any atom is 0.0713 e. The summed E-state index contributed by atoms with van der Waals surface area (Å²) in [5.41, 5.74) is 14.9. The van der Waals surface area contributed by atoms with Gasteiger partial charge in [0.05, 0.1) is 5.41 Å². The van der Waals surface area contributed by atoms with Gasteiger partial charge in [0.15, 0.2) is 0 Å². The number of anilines is 3. The van der Waals surface area contributed by atoms with Gasteiger partial charge in [0, 0.05) is 17.1 Å². The van der Waals surface area contributed by atoms with Crippen molar-refractivity contribution < 1.29 is 0 Å². The van der Waals surface area contributed by atoms with Gasteiger partial charge in [0.2, 0.25) is 0 Å². The third-order valence-electron chi connectivity index (χ3n) is 14.0. The summed E-state index contributed by atoms with van der Waals surface area (Å²) in [5, 5.41) is 10.1. The summed E-state index contributed by atoms with van der Waals surface area (Å²) >= 11 is 0. The van der Waals surface area contributed by atoms with Crippen molar-refractivity contribution in [2.24, 2.45) is 0 Å². The average molecular weight is 854 g/mol. The summed E-state index contributed by atoms with van der Waals surface area (Å²) in [5.74, 6) is 0. The van der Waals surface area contributed by atoms with Crippen LogP contribution in [0.1, 0.15) is 23.6 Å². The van der Waals surface area contributed by atoms with Crippen molar-refractivity contribution in [3.8, 4) is 33.4 Å². The molecule has 67 heavy (non-hydrogen) atoms. The second kappa shape index (κ2) is 16.5. The highest BCUT2D eigenvalue weighted by Crippen LogP contribution is 2.58. The topological polar surface area (TPSA) is 3.24 Å². The molecule has 0 aliphatic heterocycles. The van der Waals surface area contributed by atoms with E-state index < -0.39 is 5.41 Å². The number of hydrogen-bond acceptors (Lipinski definition) is 1. The molecule has 12 rings (SSSR count). The summed E-state index contributed by atoms with van der Waals surface area (Å²) in [6, 6.07) is 85.0. The molecular weight excluding hydrogens is 807 g/mol. The molecule has 0 saturated heterocycles. The molecule has 0 heterocycles. The number of fused-ring (bicyclic) bond motifs is 9. The van der Waals surface area contributed by atoms with Gasteiger partial charge in [-0.3, -0.25) is 0 Å². The van der Waals surface area contributed by atoms with Crippen molar-refractivity contribution in [1.82, 2.24) is 0 Å². The Bertz CT molecular complexity index is 3600. The minimum absolute atomic E-state index is 0.536. The molecule has 0 amide bonds. The second-order valence-electron chi connectivity index (χ2n) is 17.6. The van der Waals surface area contributed by atoms with Gasteiger partial charge in [0.1, 0.15) is 0 Å². The van der Waals surface area contributed by atoms with E-state index in [1.165, 1.54) is 98.7 Å². The van der Waals surface area contributed by atoms with Crippen LogP contribution in [0.3, 0.4) is 0 Å². The SMILES string of the molecule is C=C/C=C(\C=C/C)C1(c2ccccc2)c2ccccc2-c2cc(N(c3ccc(-c4cc5ccccc5c5ccccc45)cc3)c3ccc(-c4cc5ccccc5c5ccccc45)cc3)ccc21. The first kappa shape index (κ1) is 40.0. The average Bonchev–Trinajstić information content (AvgIpc) is 3.69. The number of hydrogen-bond donors (Lipinski definition) is 0. The van der Waals surface area contributed by atoms with E-state index in [0.717, 1.165) is 17.1 Å². The van der Waals surface area contributed by atoms with Gasteiger partial charge in [-0.25, -0.2) is 0 Å². The molecule has 316 valence electrons. The number of benzene rings is 11. The molecule has 11 aromatic carbocycles.